The highest BCUT2D eigenvalue weighted by atomic mass is 16.5. The van der Waals surface area contributed by atoms with Gasteiger partial charge in [-0.1, -0.05) is 6.07 Å². The van der Waals surface area contributed by atoms with Crippen molar-refractivity contribution in [3.63, 3.8) is 0 Å². The third-order valence-corrected chi connectivity index (χ3v) is 2.95. The average molecular weight is 219 g/mol. The van der Waals surface area contributed by atoms with Crippen molar-refractivity contribution in [3.8, 4) is 0 Å². The highest BCUT2D eigenvalue weighted by Gasteiger charge is 2.16. The largest absolute Gasteiger partial charge is 0.462 e. The molecule has 0 spiro atoms. The Morgan fingerprint density at radius 2 is 2.31 bits per heavy atom. The van der Waals surface area contributed by atoms with Gasteiger partial charge in [-0.25, -0.2) is 4.79 Å². The van der Waals surface area contributed by atoms with E-state index in [9.17, 15) is 4.79 Å². The molecule has 0 aliphatic carbocycles. The van der Waals surface area contributed by atoms with Crippen LogP contribution < -0.4 is 4.90 Å². The van der Waals surface area contributed by atoms with Crippen molar-refractivity contribution in [1.29, 1.82) is 0 Å². The zero-order chi connectivity index (χ0) is 11.5. The van der Waals surface area contributed by atoms with Crippen molar-refractivity contribution in [3.05, 3.63) is 29.3 Å². The summed E-state index contributed by atoms with van der Waals surface area (Å²) in [6, 6.07) is 5.83. The van der Waals surface area contributed by atoms with Crippen LogP contribution in [0.3, 0.4) is 0 Å². The molecule has 0 saturated carbocycles. The highest BCUT2D eigenvalue weighted by Crippen LogP contribution is 2.27. The number of nitrogens with zero attached hydrogens (tertiary/aromatic N) is 1. The Morgan fingerprint density at radius 3 is 3.06 bits per heavy atom. The third-order valence-electron chi connectivity index (χ3n) is 2.95. The van der Waals surface area contributed by atoms with Crippen LogP contribution in [0, 0.1) is 0 Å². The summed E-state index contributed by atoms with van der Waals surface area (Å²) in [4.78, 5) is 13.8. The van der Waals surface area contributed by atoms with Crippen molar-refractivity contribution in [2.45, 2.75) is 19.8 Å². The molecule has 16 heavy (non-hydrogen) atoms. The lowest BCUT2D eigenvalue weighted by Gasteiger charge is -2.27. The van der Waals surface area contributed by atoms with Crippen LogP contribution in [0.1, 0.15) is 29.3 Å². The molecule has 0 fully saturated rings. The fourth-order valence-electron chi connectivity index (χ4n) is 2.10. The van der Waals surface area contributed by atoms with E-state index in [1.54, 1.807) is 0 Å². The van der Waals surface area contributed by atoms with Gasteiger partial charge in [0.05, 0.1) is 12.2 Å². The van der Waals surface area contributed by atoms with Gasteiger partial charge in [-0.15, -0.1) is 0 Å². The molecule has 86 valence electrons. The van der Waals surface area contributed by atoms with Crippen LogP contribution in [-0.2, 0) is 11.2 Å². The first-order valence-electron chi connectivity index (χ1n) is 5.73. The monoisotopic (exact) mass is 219 g/mol. The van der Waals surface area contributed by atoms with E-state index in [2.05, 4.69) is 11.9 Å². The second kappa shape index (κ2) is 4.56. The SMILES string of the molecule is CCOC(=O)c1ccc2c(c1)N(C)CCC2. The van der Waals surface area contributed by atoms with Crippen LogP contribution in [0.25, 0.3) is 0 Å². The number of fused-ring (bicyclic) bond motifs is 1. The molecular weight excluding hydrogens is 202 g/mol. The topological polar surface area (TPSA) is 29.5 Å². The summed E-state index contributed by atoms with van der Waals surface area (Å²) in [5.41, 5.74) is 3.13. The van der Waals surface area contributed by atoms with Gasteiger partial charge < -0.3 is 9.64 Å². The molecule has 0 bridgehead atoms. The number of anilines is 1. The number of benzene rings is 1. The van der Waals surface area contributed by atoms with Crippen LogP contribution in [0.4, 0.5) is 5.69 Å². The van der Waals surface area contributed by atoms with E-state index in [0.717, 1.165) is 18.7 Å². The molecule has 0 aromatic heterocycles. The smallest absolute Gasteiger partial charge is 0.338 e. The number of hydrogen-bond donors (Lipinski definition) is 0. The van der Waals surface area contributed by atoms with Crippen LogP contribution in [-0.4, -0.2) is 26.2 Å². The summed E-state index contributed by atoms with van der Waals surface area (Å²) in [7, 11) is 2.06. The highest BCUT2D eigenvalue weighted by molar-refractivity contribution is 5.91. The number of hydrogen-bond acceptors (Lipinski definition) is 3. The maximum absolute atomic E-state index is 11.6. The Labute approximate surface area is 96.0 Å². The lowest BCUT2D eigenvalue weighted by atomic mass is 10.00. The quantitative estimate of drug-likeness (QED) is 0.714. The number of ether oxygens (including phenoxy) is 1. The summed E-state index contributed by atoms with van der Waals surface area (Å²) in [5, 5.41) is 0. The first kappa shape index (κ1) is 11.0. The van der Waals surface area contributed by atoms with Crippen molar-refractivity contribution >= 4 is 11.7 Å². The van der Waals surface area contributed by atoms with Gasteiger partial charge in [0.15, 0.2) is 0 Å². The zero-order valence-corrected chi connectivity index (χ0v) is 9.82. The molecule has 1 aliphatic rings. The van der Waals surface area contributed by atoms with E-state index in [1.807, 2.05) is 25.1 Å². The van der Waals surface area contributed by atoms with E-state index in [0.29, 0.717) is 12.2 Å². The number of rotatable bonds is 2. The Balaban J connectivity index is 2.30. The maximum Gasteiger partial charge on any atom is 0.338 e. The van der Waals surface area contributed by atoms with Crippen LogP contribution in [0.15, 0.2) is 18.2 Å². The fraction of sp³-hybridized carbons (Fsp3) is 0.462. The number of aryl methyl sites for hydroxylation is 1. The predicted octanol–water partition coefficient (Wildman–Crippen LogP) is 2.25. The summed E-state index contributed by atoms with van der Waals surface area (Å²) in [5.74, 6) is -0.232. The summed E-state index contributed by atoms with van der Waals surface area (Å²) in [6.07, 6.45) is 2.28. The number of carbonyl (C=O) groups is 1. The predicted molar refractivity (Wildman–Crippen MR) is 64.0 cm³/mol. The molecule has 1 aromatic carbocycles. The van der Waals surface area contributed by atoms with Gasteiger partial charge in [0.2, 0.25) is 0 Å². The maximum atomic E-state index is 11.6. The molecule has 2 rings (SSSR count). The third kappa shape index (κ3) is 2.03. The molecule has 0 atom stereocenters. The molecule has 0 unspecified atom stereocenters. The number of esters is 1. The minimum absolute atomic E-state index is 0.232. The van der Waals surface area contributed by atoms with Gasteiger partial charge in [-0.3, -0.25) is 0 Å². The summed E-state index contributed by atoms with van der Waals surface area (Å²) < 4.78 is 5.00. The molecule has 0 amide bonds. The average Bonchev–Trinajstić information content (AvgIpc) is 2.29. The Bertz CT molecular complexity index is 401. The van der Waals surface area contributed by atoms with Gasteiger partial charge >= 0.3 is 5.97 Å². The van der Waals surface area contributed by atoms with Crippen molar-refractivity contribution in [1.82, 2.24) is 0 Å². The second-order valence-corrected chi connectivity index (χ2v) is 4.09. The van der Waals surface area contributed by atoms with Crippen LogP contribution >= 0.6 is 0 Å². The Kier molecular flexibility index (Phi) is 3.13. The summed E-state index contributed by atoms with van der Waals surface area (Å²) in [6.45, 7) is 3.30. The lowest BCUT2D eigenvalue weighted by Crippen LogP contribution is -2.25. The normalized spacial score (nSPS) is 14.5. The summed E-state index contributed by atoms with van der Waals surface area (Å²) >= 11 is 0. The molecule has 0 saturated heterocycles. The van der Waals surface area contributed by atoms with Crippen molar-refractivity contribution in [2.24, 2.45) is 0 Å². The Morgan fingerprint density at radius 1 is 1.50 bits per heavy atom. The zero-order valence-electron chi connectivity index (χ0n) is 9.82. The number of carbonyl (C=O) groups excluding carboxylic acids is 1. The van der Waals surface area contributed by atoms with E-state index in [4.69, 9.17) is 4.74 Å². The molecule has 0 radical (unpaired) electrons. The fourth-order valence-corrected chi connectivity index (χ4v) is 2.10. The first-order valence-corrected chi connectivity index (χ1v) is 5.73. The molecule has 0 N–H and O–H groups in total. The standard InChI is InChI=1S/C13H17NO2/c1-3-16-13(15)11-7-6-10-5-4-8-14(2)12(10)9-11/h6-7,9H,3-5,8H2,1-2H3. The minimum atomic E-state index is -0.232. The molecule has 3 heteroatoms. The Hall–Kier alpha value is -1.51. The lowest BCUT2D eigenvalue weighted by molar-refractivity contribution is 0.0526. The van der Waals surface area contributed by atoms with Gasteiger partial charge in [0, 0.05) is 19.3 Å². The van der Waals surface area contributed by atoms with E-state index in [-0.39, 0.29) is 5.97 Å². The van der Waals surface area contributed by atoms with Crippen LogP contribution in [0.2, 0.25) is 0 Å². The van der Waals surface area contributed by atoms with Gasteiger partial charge in [-0.2, -0.15) is 0 Å². The van der Waals surface area contributed by atoms with E-state index in [1.165, 1.54) is 12.0 Å². The van der Waals surface area contributed by atoms with E-state index < -0.39 is 0 Å². The first-order chi connectivity index (χ1) is 7.72. The molecule has 1 heterocycles. The van der Waals surface area contributed by atoms with Gasteiger partial charge in [0.1, 0.15) is 0 Å². The van der Waals surface area contributed by atoms with Gasteiger partial charge in [-0.05, 0) is 37.5 Å². The van der Waals surface area contributed by atoms with Gasteiger partial charge in [0.25, 0.3) is 0 Å². The van der Waals surface area contributed by atoms with Crippen molar-refractivity contribution < 1.29 is 9.53 Å². The molecular formula is C13H17NO2. The molecule has 1 aliphatic heterocycles. The molecule has 1 aromatic rings. The van der Waals surface area contributed by atoms with Crippen molar-refractivity contribution in [2.75, 3.05) is 25.1 Å². The van der Waals surface area contributed by atoms with Crippen LogP contribution in [0.5, 0.6) is 0 Å². The minimum Gasteiger partial charge on any atom is -0.462 e. The molecule has 3 nitrogen and oxygen atoms in total. The second-order valence-electron chi connectivity index (χ2n) is 4.09. The van der Waals surface area contributed by atoms with E-state index >= 15 is 0 Å².